The summed E-state index contributed by atoms with van der Waals surface area (Å²) < 4.78 is 5.18. The molecule has 1 atom stereocenters. The molecule has 128 valence electrons. The van der Waals surface area contributed by atoms with Crippen LogP contribution in [-0.4, -0.2) is 68.2 Å². The number of ether oxygens (including phenoxy) is 1. The molecule has 0 aromatic carbocycles. The molecule has 0 radical (unpaired) electrons. The van der Waals surface area contributed by atoms with E-state index >= 15 is 0 Å². The second-order valence-corrected chi connectivity index (χ2v) is 5.37. The van der Waals surface area contributed by atoms with Gasteiger partial charge in [-0.2, -0.15) is 0 Å². The third kappa shape index (κ3) is 7.66. The summed E-state index contributed by atoms with van der Waals surface area (Å²) in [5.74, 6) is 0.145. The fourth-order valence-electron chi connectivity index (χ4n) is 2.65. The minimum atomic E-state index is -0.157. The summed E-state index contributed by atoms with van der Waals surface area (Å²) in [6.07, 6.45) is 3.57. The van der Waals surface area contributed by atoms with Crippen LogP contribution in [0.3, 0.4) is 0 Å². The Kier molecular flexibility index (Phi) is 13.8. The van der Waals surface area contributed by atoms with Crippen molar-refractivity contribution in [2.24, 2.45) is 5.73 Å². The van der Waals surface area contributed by atoms with Gasteiger partial charge in [-0.25, -0.2) is 0 Å². The van der Waals surface area contributed by atoms with Gasteiger partial charge in [0.25, 0.3) is 0 Å². The average Bonchev–Trinajstić information content (AvgIpc) is 2.45. The third-order valence-electron chi connectivity index (χ3n) is 4.04. The minimum Gasteiger partial charge on any atom is -0.380 e. The zero-order chi connectivity index (χ0) is 14.3. The zero-order valence-corrected chi connectivity index (χ0v) is 15.0. The van der Waals surface area contributed by atoms with E-state index in [9.17, 15) is 4.79 Å². The van der Waals surface area contributed by atoms with Crippen molar-refractivity contribution in [2.75, 3.05) is 40.3 Å². The first-order valence-electron chi connectivity index (χ1n) is 7.33. The van der Waals surface area contributed by atoms with Crippen molar-refractivity contribution >= 4 is 30.7 Å². The molecule has 0 saturated carbocycles. The van der Waals surface area contributed by atoms with Gasteiger partial charge >= 0.3 is 0 Å². The Bertz CT molecular complexity index is 271. The lowest BCUT2D eigenvalue weighted by Crippen LogP contribution is -2.46. The van der Waals surface area contributed by atoms with E-state index in [4.69, 9.17) is 10.5 Å². The number of methoxy groups -OCH3 is 1. The largest absolute Gasteiger partial charge is 0.380 e. The predicted molar refractivity (Wildman–Crippen MR) is 91.5 cm³/mol. The molecular formula is C14H31Cl2N3O2. The van der Waals surface area contributed by atoms with E-state index in [0.717, 1.165) is 25.9 Å². The molecule has 0 bridgehead atoms. The van der Waals surface area contributed by atoms with Gasteiger partial charge in [0.1, 0.15) is 0 Å². The lowest BCUT2D eigenvalue weighted by Gasteiger charge is -2.37. The number of amides is 1. The number of hydrogen-bond acceptors (Lipinski definition) is 4. The zero-order valence-electron chi connectivity index (χ0n) is 13.4. The molecule has 21 heavy (non-hydrogen) atoms. The average molecular weight is 344 g/mol. The minimum absolute atomic E-state index is 0. The van der Waals surface area contributed by atoms with Crippen LogP contribution in [0, 0.1) is 0 Å². The van der Waals surface area contributed by atoms with Gasteiger partial charge < -0.3 is 20.3 Å². The van der Waals surface area contributed by atoms with Crippen molar-refractivity contribution in [3.63, 3.8) is 0 Å². The summed E-state index contributed by atoms with van der Waals surface area (Å²) in [7, 11) is 3.51. The number of carbonyl (C=O) groups is 1. The Hall–Kier alpha value is -0.0700. The smallest absolute Gasteiger partial charge is 0.225 e. The van der Waals surface area contributed by atoms with Crippen molar-refractivity contribution < 1.29 is 9.53 Å². The summed E-state index contributed by atoms with van der Waals surface area (Å²) in [5, 5.41) is 0. The topological polar surface area (TPSA) is 58.8 Å². The van der Waals surface area contributed by atoms with Gasteiger partial charge in [0.15, 0.2) is 0 Å². The summed E-state index contributed by atoms with van der Waals surface area (Å²) in [6.45, 7) is 5.97. The Morgan fingerprint density at radius 1 is 1.38 bits per heavy atom. The van der Waals surface area contributed by atoms with Crippen LogP contribution in [0.5, 0.6) is 0 Å². The highest BCUT2D eigenvalue weighted by Crippen LogP contribution is 2.16. The van der Waals surface area contributed by atoms with Crippen LogP contribution in [0.15, 0.2) is 0 Å². The molecule has 1 fully saturated rings. The van der Waals surface area contributed by atoms with Gasteiger partial charge in [-0.3, -0.25) is 4.79 Å². The highest BCUT2D eigenvalue weighted by molar-refractivity contribution is 5.85. The maximum atomic E-state index is 12.2. The fourth-order valence-corrected chi connectivity index (χ4v) is 2.65. The maximum absolute atomic E-state index is 12.2. The second-order valence-electron chi connectivity index (χ2n) is 5.37. The number of rotatable bonds is 7. The lowest BCUT2D eigenvalue weighted by molar-refractivity contribution is -0.135. The van der Waals surface area contributed by atoms with Crippen LogP contribution >= 0.6 is 24.8 Å². The maximum Gasteiger partial charge on any atom is 0.225 e. The molecule has 1 aliphatic rings. The summed E-state index contributed by atoms with van der Waals surface area (Å²) in [6, 6.07) is 0.371. The van der Waals surface area contributed by atoms with E-state index in [-0.39, 0.29) is 36.8 Å². The van der Waals surface area contributed by atoms with Crippen molar-refractivity contribution in [3.8, 4) is 0 Å². The molecule has 5 nitrogen and oxygen atoms in total. The normalized spacial score (nSPS) is 17.5. The number of hydrogen-bond donors (Lipinski definition) is 1. The fraction of sp³-hybridized carbons (Fsp3) is 0.929. The SMILES string of the molecule is CCCN1CCC(N(C)C(=O)CC(CN)OC)CC1.Cl.Cl. The van der Waals surface area contributed by atoms with Gasteiger partial charge in [0.2, 0.25) is 5.91 Å². The van der Waals surface area contributed by atoms with E-state index in [2.05, 4.69) is 11.8 Å². The van der Waals surface area contributed by atoms with E-state index in [1.807, 2.05) is 11.9 Å². The molecule has 1 rings (SSSR count). The highest BCUT2D eigenvalue weighted by Gasteiger charge is 2.26. The number of piperidine rings is 1. The Morgan fingerprint density at radius 3 is 2.38 bits per heavy atom. The first-order chi connectivity index (χ1) is 9.12. The van der Waals surface area contributed by atoms with Crippen LogP contribution in [0.2, 0.25) is 0 Å². The molecule has 1 unspecified atom stereocenters. The van der Waals surface area contributed by atoms with Crippen molar-refractivity contribution in [1.29, 1.82) is 0 Å². The molecule has 0 aromatic rings. The van der Waals surface area contributed by atoms with Crippen molar-refractivity contribution in [1.82, 2.24) is 9.80 Å². The van der Waals surface area contributed by atoms with Crippen LogP contribution in [-0.2, 0) is 9.53 Å². The van der Waals surface area contributed by atoms with E-state index in [0.29, 0.717) is 19.0 Å². The molecule has 1 heterocycles. The van der Waals surface area contributed by atoms with Crippen LogP contribution in [0.1, 0.15) is 32.6 Å². The van der Waals surface area contributed by atoms with Crippen LogP contribution in [0.4, 0.5) is 0 Å². The standard InChI is InChI=1S/C14H29N3O2.2ClH/c1-4-7-17-8-5-12(6-9-17)16(2)14(18)10-13(11-15)19-3;;/h12-13H,4-11,15H2,1-3H3;2*1H. The van der Waals surface area contributed by atoms with E-state index < -0.39 is 0 Å². The molecular weight excluding hydrogens is 313 g/mol. The number of likely N-dealkylation sites (tertiary alicyclic amines) is 1. The molecule has 0 spiro atoms. The molecule has 0 aromatic heterocycles. The molecule has 1 aliphatic heterocycles. The molecule has 0 aliphatic carbocycles. The summed E-state index contributed by atoms with van der Waals surface area (Å²) in [4.78, 5) is 16.5. The van der Waals surface area contributed by atoms with E-state index in [1.165, 1.54) is 13.0 Å². The first kappa shape index (κ1) is 23.2. The van der Waals surface area contributed by atoms with Gasteiger partial charge in [-0.1, -0.05) is 6.92 Å². The van der Waals surface area contributed by atoms with Gasteiger partial charge in [0, 0.05) is 39.8 Å². The van der Waals surface area contributed by atoms with Crippen molar-refractivity contribution in [2.45, 2.75) is 44.8 Å². The molecule has 1 amide bonds. The Labute approximate surface area is 141 Å². The van der Waals surface area contributed by atoms with Crippen LogP contribution in [0.25, 0.3) is 0 Å². The molecule has 2 N–H and O–H groups in total. The lowest BCUT2D eigenvalue weighted by atomic mass is 10.0. The predicted octanol–water partition coefficient (Wildman–Crippen LogP) is 1.53. The van der Waals surface area contributed by atoms with Crippen molar-refractivity contribution in [3.05, 3.63) is 0 Å². The number of nitrogens with two attached hydrogens (primary N) is 1. The second kappa shape index (κ2) is 12.5. The number of nitrogens with zero attached hydrogens (tertiary/aromatic N) is 2. The molecule has 1 saturated heterocycles. The number of carbonyl (C=O) groups excluding carboxylic acids is 1. The van der Waals surface area contributed by atoms with E-state index in [1.54, 1.807) is 7.11 Å². The first-order valence-corrected chi connectivity index (χ1v) is 7.33. The Morgan fingerprint density at radius 2 is 1.95 bits per heavy atom. The summed E-state index contributed by atoms with van der Waals surface area (Å²) >= 11 is 0. The highest BCUT2D eigenvalue weighted by atomic mass is 35.5. The quantitative estimate of drug-likeness (QED) is 0.761. The van der Waals surface area contributed by atoms with Crippen LogP contribution < -0.4 is 5.73 Å². The Balaban J connectivity index is 0. The van der Waals surface area contributed by atoms with Gasteiger partial charge in [-0.05, 0) is 25.8 Å². The molecule has 7 heteroatoms. The summed E-state index contributed by atoms with van der Waals surface area (Å²) in [5.41, 5.74) is 5.56. The van der Waals surface area contributed by atoms with Gasteiger partial charge in [0.05, 0.1) is 12.5 Å². The third-order valence-corrected chi connectivity index (χ3v) is 4.04. The van der Waals surface area contributed by atoms with Gasteiger partial charge in [-0.15, -0.1) is 24.8 Å². The monoisotopic (exact) mass is 343 g/mol. The number of halogens is 2.